The fraction of sp³-hybridized carbons (Fsp3) is 0.238. The molecule has 1 N–H and O–H groups in total. The average Bonchev–Trinajstić information content (AvgIpc) is 3.00. The number of hydrogen-bond donors (Lipinski definition) is 1. The number of imidazole rings is 1. The molecule has 2 aromatic carbocycles. The molecule has 124 valence electrons. The van der Waals surface area contributed by atoms with Crippen molar-refractivity contribution in [3.05, 3.63) is 71.4 Å². The van der Waals surface area contributed by atoms with E-state index >= 15 is 0 Å². The second-order valence-electron chi connectivity index (χ2n) is 6.93. The maximum Gasteiger partial charge on any atom is 0.208 e. The van der Waals surface area contributed by atoms with Gasteiger partial charge < -0.3 is 9.88 Å². The number of Topliss-reactive ketones (excluding diaryl/α,β-unsaturated/α-hetero) is 1. The van der Waals surface area contributed by atoms with Crippen molar-refractivity contribution in [2.75, 3.05) is 5.32 Å². The second kappa shape index (κ2) is 5.31. The van der Waals surface area contributed by atoms with Crippen LogP contribution in [-0.4, -0.2) is 15.3 Å². The summed E-state index contributed by atoms with van der Waals surface area (Å²) in [5, 5.41) is 3.46. The van der Waals surface area contributed by atoms with Gasteiger partial charge in [-0.15, -0.1) is 0 Å². The fourth-order valence-electron chi connectivity index (χ4n) is 4.28. The highest BCUT2D eigenvalue weighted by Gasteiger charge is 2.36. The predicted octanol–water partition coefficient (Wildman–Crippen LogP) is 4.42. The molecule has 0 bridgehead atoms. The third-order valence-electron chi connectivity index (χ3n) is 5.44. The lowest BCUT2D eigenvalue weighted by Crippen LogP contribution is -2.31. The number of carbonyl (C=O) groups is 1. The van der Waals surface area contributed by atoms with Crippen LogP contribution in [0, 0.1) is 0 Å². The molecule has 25 heavy (non-hydrogen) atoms. The number of anilines is 1. The van der Waals surface area contributed by atoms with Crippen LogP contribution in [0.4, 0.5) is 5.95 Å². The molecule has 0 saturated heterocycles. The molecule has 4 nitrogen and oxygen atoms in total. The van der Waals surface area contributed by atoms with Gasteiger partial charge in [0.05, 0.1) is 17.1 Å². The van der Waals surface area contributed by atoms with Crippen LogP contribution in [0.1, 0.15) is 37.3 Å². The second-order valence-corrected chi connectivity index (χ2v) is 6.93. The van der Waals surface area contributed by atoms with Gasteiger partial charge in [0.25, 0.3) is 0 Å². The number of aromatic nitrogens is 2. The molecule has 2 heterocycles. The molecule has 1 aliphatic heterocycles. The maximum absolute atomic E-state index is 13.0. The van der Waals surface area contributed by atoms with E-state index in [4.69, 9.17) is 4.98 Å². The first-order valence-corrected chi connectivity index (χ1v) is 8.77. The van der Waals surface area contributed by atoms with Crippen LogP contribution < -0.4 is 5.32 Å². The number of carbonyl (C=O) groups excluding carboxylic acids is 1. The normalized spacial score (nSPS) is 22.5. The molecule has 2 aliphatic rings. The Morgan fingerprint density at radius 1 is 1.04 bits per heavy atom. The highest BCUT2D eigenvalue weighted by Crippen LogP contribution is 2.43. The zero-order valence-corrected chi connectivity index (χ0v) is 14.1. The van der Waals surface area contributed by atoms with E-state index in [0.717, 1.165) is 34.7 Å². The Kier molecular flexibility index (Phi) is 3.07. The van der Waals surface area contributed by atoms with Crippen LogP contribution in [0.25, 0.3) is 11.0 Å². The van der Waals surface area contributed by atoms with Crippen LogP contribution in [0.15, 0.2) is 65.9 Å². The Morgan fingerprint density at radius 3 is 2.64 bits per heavy atom. The Morgan fingerprint density at radius 2 is 1.80 bits per heavy atom. The number of allylic oxidation sites excluding steroid dienone is 2. The van der Waals surface area contributed by atoms with Crippen LogP contribution in [0.2, 0.25) is 0 Å². The number of benzene rings is 2. The van der Waals surface area contributed by atoms with Gasteiger partial charge in [-0.25, -0.2) is 4.98 Å². The average molecular weight is 329 g/mol. The number of rotatable bonds is 1. The van der Waals surface area contributed by atoms with Gasteiger partial charge in [0.1, 0.15) is 0 Å². The summed E-state index contributed by atoms with van der Waals surface area (Å²) >= 11 is 0. The van der Waals surface area contributed by atoms with E-state index in [1.807, 2.05) is 36.4 Å². The third kappa shape index (κ3) is 2.14. The van der Waals surface area contributed by atoms with Crippen molar-refractivity contribution in [2.24, 2.45) is 0 Å². The van der Waals surface area contributed by atoms with E-state index in [0.29, 0.717) is 6.42 Å². The molecule has 5 rings (SSSR count). The molecule has 0 radical (unpaired) electrons. The molecule has 0 amide bonds. The van der Waals surface area contributed by atoms with Crippen molar-refractivity contribution in [1.82, 2.24) is 9.55 Å². The van der Waals surface area contributed by atoms with Gasteiger partial charge in [-0.2, -0.15) is 0 Å². The Bertz CT molecular complexity index is 1020. The van der Waals surface area contributed by atoms with Crippen molar-refractivity contribution in [3.63, 3.8) is 0 Å². The summed E-state index contributed by atoms with van der Waals surface area (Å²) in [5.74, 6) is 1.33. The largest absolute Gasteiger partial charge is 0.329 e. The smallest absolute Gasteiger partial charge is 0.208 e. The molecular weight excluding hydrogens is 310 g/mol. The zero-order valence-electron chi connectivity index (χ0n) is 14.1. The monoisotopic (exact) mass is 329 g/mol. The molecule has 4 heteroatoms. The lowest BCUT2D eigenvalue weighted by molar-refractivity contribution is -0.116. The van der Waals surface area contributed by atoms with Crippen molar-refractivity contribution < 1.29 is 4.79 Å². The fourth-order valence-corrected chi connectivity index (χ4v) is 4.28. The van der Waals surface area contributed by atoms with Crippen LogP contribution in [0.5, 0.6) is 0 Å². The van der Waals surface area contributed by atoms with Crippen molar-refractivity contribution in [2.45, 2.75) is 31.7 Å². The minimum atomic E-state index is 0.0165. The summed E-state index contributed by atoms with van der Waals surface area (Å²) in [6.45, 7) is 2.11. The van der Waals surface area contributed by atoms with E-state index in [-0.39, 0.29) is 17.7 Å². The number of para-hydroxylation sites is 2. The highest BCUT2D eigenvalue weighted by molar-refractivity contribution is 6.00. The minimum absolute atomic E-state index is 0.0165. The maximum atomic E-state index is 13.0. The first-order valence-electron chi connectivity index (χ1n) is 8.77. The van der Waals surface area contributed by atoms with Gasteiger partial charge in [-0.05, 0) is 37.0 Å². The molecule has 0 fully saturated rings. The molecular formula is C21H19N3O. The topological polar surface area (TPSA) is 46.9 Å². The molecule has 0 saturated carbocycles. The number of hydrogen-bond acceptors (Lipinski definition) is 3. The molecule has 2 unspecified atom stereocenters. The van der Waals surface area contributed by atoms with Crippen LogP contribution >= 0.6 is 0 Å². The van der Waals surface area contributed by atoms with E-state index in [1.165, 1.54) is 5.56 Å². The Labute approximate surface area is 146 Å². The van der Waals surface area contributed by atoms with Gasteiger partial charge in [-0.3, -0.25) is 4.79 Å². The first-order chi connectivity index (χ1) is 12.2. The summed E-state index contributed by atoms with van der Waals surface area (Å²) < 4.78 is 2.15. The lowest BCUT2D eigenvalue weighted by atomic mass is 9.79. The molecule has 1 aromatic heterocycles. The van der Waals surface area contributed by atoms with Gasteiger partial charge in [0.15, 0.2) is 5.78 Å². The standard InChI is InChI=1S/C21H19N3O/c1-13-20-17(11-15(12-19(20)25)14-7-3-2-4-8-14)23-21-22-16-9-5-6-10-18(16)24(13)21/h2-10,13,15H,11-12H2,1H3,(H,22,23). The van der Waals surface area contributed by atoms with Crippen LogP contribution in [-0.2, 0) is 4.79 Å². The minimum Gasteiger partial charge on any atom is -0.329 e. The quantitative estimate of drug-likeness (QED) is 0.719. The molecule has 3 aromatic rings. The van der Waals surface area contributed by atoms with Gasteiger partial charge in [0.2, 0.25) is 5.95 Å². The summed E-state index contributed by atoms with van der Waals surface area (Å²) in [6, 6.07) is 18.4. The van der Waals surface area contributed by atoms with E-state index in [1.54, 1.807) is 0 Å². The number of nitrogens with zero attached hydrogens (tertiary/aromatic N) is 2. The van der Waals surface area contributed by atoms with E-state index in [2.05, 4.69) is 35.0 Å². The lowest BCUT2D eigenvalue weighted by Gasteiger charge is -2.34. The van der Waals surface area contributed by atoms with Crippen molar-refractivity contribution in [1.29, 1.82) is 0 Å². The first kappa shape index (κ1) is 14.5. The number of ketones is 1. The van der Waals surface area contributed by atoms with Crippen molar-refractivity contribution >= 4 is 22.8 Å². The number of fused-ring (bicyclic) bond motifs is 3. The SMILES string of the molecule is CC1C2=C(CC(c3ccccc3)CC2=O)Nc2nc3ccccc3n21. The van der Waals surface area contributed by atoms with Crippen molar-refractivity contribution in [3.8, 4) is 0 Å². The van der Waals surface area contributed by atoms with E-state index < -0.39 is 0 Å². The summed E-state index contributed by atoms with van der Waals surface area (Å²) in [7, 11) is 0. The predicted molar refractivity (Wildman–Crippen MR) is 98.5 cm³/mol. The molecule has 2 atom stereocenters. The summed E-state index contributed by atoms with van der Waals surface area (Å²) in [5.41, 5.74) is 5.23. The Balaban J connectivity index is 1.58. The zero-order chi connectivity index (χ0) is 17.0. The van der Waals surface area contributed by atoms with E-state index in [9.17, 15) is 4.79 Å². The molecule has 0 spiro atoms. The molecule has 1 aliphatic carbocycles. The third-order valence-corrected chi connectivity index (χ3v) is 5.44. The van der Waals surface area contributed by atoms with Gasteiger partial charge in [0, 0.05) is 17.7 Å². The summed E-state index contributed by atoms with van der Waals surface area (Å²) in [4.78, 5) is 17.7. The summed E-state index contributed by atoms with van der Waals surface area (Å²) in [6.07, 6.45) is 1.44. The van der Waals surface area contributed by atoms with Gasteiger partial charge >= 0.3 is 0 Å². The highest BCUT2D eigenvalue weighted by atomic mass is 16.1. The Hall–Kier alpha value is -2.88. The number of nitrogens with one attached hydrogen (secondary N) is 1. The van der Waals surface area contributed by atoms with Crippen LogP contribution in [0.3, 0.4) is 0 Å². The van der Waals surface area contributed by atoms with Gasteiger partial charge in [-0.1, -0.05) is 42.5 Å².